The van der Waals surface area contributed by atoms with Crippen LogP contribution in [-0.2, 0) is 23.8 Å². The van der Waals surface area contributed by atoms with E-state index in [-0.39, 0.29) is 12.3 Å². The van der Waals surface area contributed by atoms with Crippen molar-refractivity contribution in [1.82, 2.24) is 14.3 Å². The van der Waals surface area contributed by atoms with Crippen LogP contribution in [0, 0.1) is 0 Å². The van der Waals surface area contributed by atoms with Crippen LogP contribution in [0.3, 0.4) is 0 Å². The van der Waals surface area contributed by atoms with Gasteiger partial charge in [-0.1, -0.05) is 30.3 Å². The Morgan fingerprint density at radius 2 is 1.68 bits per heavy atom. The van der Waals surface area contributed by atoms with Crippen LogP contribution in [0.15, 0.2) is 72.8 Å². The maximum absolute atomic E-state index is 13.1. The van der Waals surface area contributed by atoms with Gasteiger partial charge in [0.2, 0.25) is 5.91 Å². The summed E-state index contributed by atoms with van der Waals surface area (Å²) < 4.78 is 54.6. The van der Waals surface area contributed by atoms with Crippen LogP contribution >= 0.6 is 11.5 Å². The van der Waals surface area contributed by atoms with Gasteiger partial charge in [0, 0.05) is 49.8 Å². The van der Waals surface area contributed by atoms with E-state index in [0.29, 0.717) is 55.1 Å². The number of carbonyl (C=O) groups is 1. The van der Waals surface area contributed by atoms with Gasteiger partial charge in [0.25, 0.3) is 5.19 Å². The van der Waals surface area contributed by atoms with Crippen LogP contribution in [0.4, 0.5) is 18.9 Å². The smallest absolute Gasteiger partial charge is 0.416 e. The molecule has 0 N–H and O–H groups in total. The average molecular weight is 569 g/mol. The summed E-state index contributed by atoms with van der Waals surface area (Å²) >= 11 is 1.17. The van der Waals surface area contributed by atoms with Crippen molar-refractivity contribution in [2.45, 2.75) is 19.0 Å². The van der Waals surface area contributed by atoms with Gasteiger partial charge in [-0.05, 0) is 53.6 Å². The van der Waals surface area contributed by atoms with Gasteiger partial charge in [-0.2, -0.15) is 22.5 Å². The number of rotatable bonds is 8. The van der Waals surface area contributed by atoms with Gasteiger partial charge in [-0.15, -0.1) is 0 Å². The molecule has 1 fully saturated rings. The molecule has 1 saturated heterocycles. The summed E-state index contributed by atoms with van der Waals surface area (Å²) in [6.45, 7) is 1.85. The fraction of sp³-hybridized carbons (Fsp3) is 0.276. The zero-order chi connectivity index (χ0) is 28.1. The minimum absolute atomic E-state index is 0.0244. The van der Waals surface area contributed by atoms with Gasteiger partial charge in [0.1, 0.15) is 11.5 Å². The monoisotopic (exact) mass is 568 g/mol. The van der Waals surface area contributed by atoms with Crippen LogP contribution in [-0.4, -0.2) is 53.5 Å². The summed E-state index contributed by atoms with van der Waals surface area (Å²) in [6, 6.07) is 20.3. The van der Waals surface area contributed by atoms with Gasteiger partial charge in [-0.25, -0.2) is 0 Å². The van der Waals surface area contributed by atoms with Crippen molar-refractivity contribution in [2.24, 2.45) is 0 Å². The second kappa shape index (κ2) is 12.0. The average Bonchev–Trinajstić information content (AvgIpc) is 3.40. The second-order valence-corrected chi connectivity index (χ2v) is 10.1. The number of benzene rings is 3. The molecule has 1 aliphatic heterocycles. The van der Waals surface area contributed by atoms with E-state index < -0.39 is 11.7 Å². The zero-order valence-electron chi connectivity index (χ0n) is 21.7. The lowest BCUT2D eigenvalue weighted by Crippen LogP contribution is -2.49. The number of alkyl halides is 3. The van der Waals surface area contributed by atoms with Crippen molar-refractivity contribution in [3.05, 3.63) is 95.3 Å². The lowest BCUT2D eigenvalue weighted by Gasteiger charge is -2.36. The molecule has 0 atom stereocenters. The van der Waals surface area contributed by atoms with Crippen LogP contribution in [0.5, 0.6) is 16.7 Å². The van der Waals surface area contributed by atoms with E-state index in [0.717, 1.165) is 29.0 Å². The predicted octanol–water partition coefficient (Wildman–Crippen LogP) is 5.84. The molecular weight excluding hydrogens is 541 g/mol. The predicted molar refractivity (Wildman–Crippen MR) is 146 cm³/mol. The molecule has 1 aromatic heterocycles. The molecule has 3 aromatic carbocycles. The zero-order valence-corrected chi connectivity index (χ0v) is 22.5. The lowest BCUT2D eigenvalue weighted by molar-refractivity contribution is -0.137. The molecule has 0 bridgehead atoms. The first kappa shape index (κ1) is 27.4. The van der Waals surface area contributed by atoms with Crippen LogP contribution in [0.2, 0.25) is 0 Å². The molecular formula is C29H27F3N4O3S. The maximum atomic E-state index is 13.1. The fourth-order valence-corrected chi connectivity index (χ4v) is 5.04. The molecule has 0 saturated carbocycles. The molecule has 4 aromatic rings. The van der Waals surface area contributed by atoms with Crippen molar-refractivity contribution >= 4 is 23.1 Å². The molecule has 2 heterocycles. The molecule has 11 heteroatoms. The Bertz CT molecular complexity index is 1450. The third-order valence-corrected chi connectivity index (χ3v) is 7.23. The Balaban J connectivity index is 1.11. The first-order valence-corrected chi connectivity index (χ1v) is 13.5. The molecule has 40 heavy (non-hydrogen) atoms. The number of piperazine rings is 1. The number of methoxy groups -OCH3 is 1. The summed E-state index contributed by atoms with van der Waals surface area (Å²) in [5.74, 6) is 2.00. The quantitative estimate of drug-likeness (QED) is 0.266. The number of amides is 1. The molecule has 5 rings (SSSR count). The topological polar surface area (TPSA) is 67.8 Å². The Labute approximate surface area is 234 Å². The minimum Gasteiger partial charge on any atom is -0.497 e. The van der Waals surface area contributed by atoms with Gasteiger partial charge in [0.15, 0.2) is 5.82 Å². The molecule has 0 spiro atoms. The maximum Gasteiger partial charge on any atom is 0.416 e. The van der Waals surface area contributed by atoms with Crippen LogP contribution in [0.1, 0.15) is 22.5 Å². The van der Waals surface area contributed by atoms with E-state index in [1.54, 1.807) is 30.2 Å². The third kappa shape index (κ3) is 6.90. The summed E-state index contributed by atoms with van der Waals surface area (Å²) in [5.41, 5.74) is 1.72. The minimum atomic E-state index is -4.38. The van der Waals surface area contributed by atoms with Crippen molar-refractivity contribution in [3.8, 4) is 16.7 Å². The molecule has 0 unspecified atom stereocenters. The fourth-order valence-electron chi connectivity index (χ4n) is 4.47. The number of aromatic nitrogens is 2. The van der Waals surface area contributed by atoms with Gasteiger partial charge in [0.05, 0.1) is 19.1 Å². The third-order valence-electron chi connectivity index (χ3n) is 6.60. The molecule has 1 amide bonds. The second-order valence-electron chi connectivity index (χ2n) is 9.34. The highest BCUT2D eigenvalue weighted by molar-refractivity contribution is 7.07. The number of nitrogens with zero attached hydrogens (tertiary/aromatic N) is 4. The number of hydrogen-bond donors (Lipinski definition) is 0. The largest absolute Gasteiger partial charge is 0.497 e. The first-order chi connectivity index (χ1) is 19.3. The van der Waals surface area contributed by atoms with Gasteiger partial charge in [-0.3, -0.25) is 4.79 Å². The standard InChI is InChI=1S/C29H27F3N4O3S/c1-38-25-7-2-4-21(16-25)17-26-33-28(40-34-26)39-24-10-8-20(9-11-24)18-27(37)36-14-12-35(13-15-36)23-6-3-5-22(19-23)29(30,31)32/h2-11,16,19H,12-15,17-18H2,1H3. The molecule has 7 nitrogen and oxygen atoms in total. The van der Waals surface area contributed by atoms with Gasteiger partial charge >= 0.3 is 6.18 Å². The number of halogens is 3. The van der Waals surface area contributed by atoms with Gasteiger partial charge < -0.3 is 19.3 Å². The first-order valence-electron chi connectivity index (χ1n) is 12.7. The van der Waals surface area contributed by atoms with E-state index in [2.05, 4.69) is 9.36 Å². The van der Waals surface area contributed by atoms with E-state index in [4.69, 9.17) is 9.47 Å². The highest BCUT2D eigenvalue weighted by atomic mass is 32.1. The number of hydrogen-bond acceptors (Lipinski definition) is 7. The molecule has 208 valence electrons. The number of ether oxygens (including phenoxy) is 2. The summed E-state index contributed by atoms with van der Waals surface area (Å²) in [6.07, 6.45) is -3.59. The summed E-state index contributed by atoms with van der Waals surface area (Å²) in [4.78, 5) is 21.0. The Morgan fingerprint density at radius 3 is 2.40 bits per heavy atom. The van der Waals surface area contributed by atoms with E-state index >= 15 is 0 Å². The molecule has 0 aliphatic carbocycles. The van der Waals surface area contributed by atoms with Crippen LogP contribution < -0.4 is 14.4 Å². The Kier molecular flexibility index (Phi) is 8.20. The normalized spacial score (nSPS) is 13.8. The Morgan fingerprint density at radius 1 is 0.925 bits per heavy atom. The van der Waals surface area contributed by atoms with Crippen molar-refractivity contribution in [1.29, 1.82) is 0 Å². The highest BCUT2D eigenvalue weighted by Crippen LogP contribution is 2.32. The summed E-state index contributed by atoms with van der Waals surface area (Å²) in [5, 5.41) is 0.431. The van der Waals surface area contributed by atoms with Crippen molar-refractivity contribution < 1.29 is 27.4 Å². The SMILES string of the molecule is COc1cccc(Cc2nsc(Oc3ccc(CC(=O)N4CCN(c5cccc(C(F)(F)F)c5)CC4)cc3)n2)c1. The molecule has 0 radical (unpaired) electrons. The Hall–Kier alpha value is -4.12. The van der Waals surface area contributed by atoms with Crippen molar-refractivity contribution in [2.75, 3.05) is 38.2 Å². The van der Waals surface area contributed by atoms with E-state index in [9.17, 15) is 18.0 Å². The highest BCUT2D eigenvalue weighted by Gasteiger charge is 2.31. The molecule has 1 aliphatic rings. The van der Waals surface area contributed by atoms with Crippen molar-refractivity contribution in [3.63, 3.8) is 0 Å². The van der Waals surface area contributed by atoms with E-state index in [1.807, 2.05) is 41.3 Å². The van der Waals surface area contributed by atoms with E-state index in [1.165, 1.54) is 17.6 Å². The lowest BCUT2D eigenvalue weighted by atomic mass is 10.1. The number of anilines is 1. The summed E-state index contributed by atoms with van der Waals surface area (Å²) in [7, 11) is 1.63. The van der Waals surface area contributed by atoms with Crippen LogP contribution in [0.25, 0.3) is 0 Å². The number of carbonyl (C=O) groups excluding carboxylic acids is 1.